The summed E-state index contributed by atoms with van der Waals surface area (Å²) < 4.78 is 0. The normalized spacial score (nSPS) is 17.7. The molecule has 0 atom stereocenters. The number of nitrogens with one attached hydrogen (secondary N) is 2. The Labute approximate surface area is 165 Å². The molecular formula is C21H30N4OS. The van der Waals surface area contributed by atoms with Gasteiger partial charge in [0.15, 0.2) is 0 Å². The van der Waals surface area contributed by atoms with Gasteiger partial charge in [0.05, 0.1) is 5.39 Å². The molecule has 2 aliphatic rings. The lowest BCUT2D eigenvalue weighted by atomic mass is 9.89. The Hall–Kier alpha value is -1.69. The van der Waals surface area contributed by atoms with E-state index in [2.05, 4.69) is 17.6 Å². The third-order valence-corrected chi connectivity index (χ3v) is 7.06. The number of carbonyl (C=O) groups is 1. The minimum atomic E-state index is 0.222. The number of amides is 1. The molecule has 6 heteroatoms. The van der Waals surface area contributed by atoms with Crippen molar-refractivity contribution in [2.45, 2.75) is 71.1 Å². The fraction of sp³-hybridized carbons (Fsp3) is 0.667. The maximum atomic E-state index is 12.3. The van der Waals surface area contributed by atoms with Crippen molar-refractivity contribution in [1.29, 1.82) is 0 Å². The zero-order valence-corrected chi connectivity index (χ0v) is 17.1. The van der Waals surface area contributed by atoms with Crippen LogP contribution in [-0.2, 0) is 24.1 Å². The highest BCUT2D eigenvalue weighted by Gasteiger charge is 2.22. The molecule has 0 bridgehead atoms. The summed E-state index contributed by atoms with van der Waals surface area (Å²) in [7, 11) is 0. The van der Waals surface area contributed by atoms with Crippen molar-refractivity contribution < 1.29 is 4.79 Å². The first-order valence-electron chi connectivity index (χ1n) is 10.6. The van der Waals surface area contributed by atoms with Gasteiger partial charge in [-0.05, 0) is 44.1 Å². The van der Waals surface area contributed by atoms with E-state index in [4.69, 9.17) is 9.97 Å². The molecule has 146 valence electrons. The molecule has 0 spiro atoms. The van der Waals surface area contributed by atoms with E-state index in [0.717, 1.165) is 42.2 Å². The van der Waals surface area contributed by atoms with Crippen molar-refractivity contribution in [3.63, 3.8) is 0 Å². The predicted octanol–water partition coefficient (Wildman–Crippen LogP) is 4.24. The number of nitrogens with zero attached hydrogens (tertiary/aromatic N) is 2. The molecule has 0 saturated heterocycles. The molecule has 4 rings (SSSR count). The number of aryl methyl sites for hydroxylation is 3. The van der Waals surface area contributed by atoms with Crippen molar-refractivity contribution in [2.75, 3.05) is 18.4 Å². The van der Waals surface area contributed by atoms with Crippen LogP contribution in [0.2, 0.25) is 0 Å². The van der Waals surface area contributed by atoms with Gasteiger partial charge in [0.1, 0.15) is 16.5 Å². The van der Waals surface area contributed by atoms with Crippen LogP contribution in [0.4, 0.5) is 5.82 Å². The average Bonchev–Trinajstić information content (AvgIpc) is 3.10. The zero-order chi connectivity index (χ0) is 18.6. The van der Waals surface area contributed by atoms with Crippen molar-refractivity contribution in [3.8, 4) is 0 Å². The second-order valence-corrected chi connectivity index (χ2v) is 8.87. The van der Waals surface area contributed by atoms with E-state index in [9.17, 15) is 4.79 Å². The van der Waals surface area contributed by atoms with Gasteiger partial charge in [-0.25, -0.2) is 9.97 Å². The van der Waals surface area contributed by atoms with E-state index in [-0.39, 0.29) is 11.8 Å². The van der Waals surface area contributed by atoms with Gasteiger partial charge >= 0.3 is 0 Å². The first kappa shape index (κ1) is 18.7. The summed E-state index contributed by atoms with van der Waals surface area (Å²) in [6.45, 7) is 3.45. The lowest BCUT2D eigenvalue weighted by Gasteiger charge is -2.20. The Morgan fingerprint density at radius 3 is 2.70 bits per heavy atom. The van der Waals surface area contributed by atoms with Gasteiger partial charge in [0, 0.05) is 30.3 Å². The van der Waals surface area contributed by atoms with Crippen molar-refractivity contribution in [1.82, 2.24) is 15.3 Å². The van der Waals surface area contributed by atoms with Gasteiger partial charge in [-0.2, -0.15) is 0 Å². The number of fused-ring (bicyclic) bond motifs is 3. The molecule has 2 aliphatic carbocycles. The fourth-order valence-electron chi connectivity index (χ4n) is 4.36. The van der Waals surface area contributed by atoms with Crippen molar-refractivity contribution in [3.05, 3.63) is 16.3 Å². The van der Waals surface area contributed by atoms with Crippen LogP contribution in [0.5, 0.6) is 0 Å². The highest BCUT2D eigenvalue weighted by molar-refractivity contribution is 7.19. The second kappa shape index (κ2) is 8.55. The standard InChI is InChI=1S/C21H30N4OS/c1-2-17-24-19(18-15-10-6-7-11-16(15)27-21(18)25-17)22-12-13-23-20(26)14-8-4-3-5-9-14/h14H,2-13H2,1H3,(H,23,26)(H,22,24,25). The van der Waals surface area contributed by atoms with Gasteiger partial charge < -0.3 is 10.6 Å². The van der Waals surface area contributed by atoms with Gasteiger partial charge in [-0.1, -0.05) is 26.2 Å². The molecule has 2 aromatic heterocycles. The number of thiophene rings is 1. The van der Waals surface area contributed by atoms with Gasteiger partial charge in [0.25, 0.3) is 0 Å². The monoisotopic (exact) mass is 386 g/mol. The largest absolute Gasteiger partial charge is 0.368 e. The molecule has 0 radical (unpaired) electrons. The zero-order valence-electron chi connectivity index (χ0n) is 16.3. The Balaban J connectivity index is 1.43. The first-order valence-corrected chi connectivity index (χ1v) is 11.4. The minimum absolute atomic E-state index is 0.222. The van der Waals surface area contributed by atoms with Crippen LogP contribution in [-0.4, -0.2) is 29.0 Å². The Kier molecular flexibility index (Phi) is 5.91. The Morgan fingerprint density at radius 1 is 1.07 bits per heavy atom. The van der Waals surface area contributed by atoms with E-state index in [1.54, 1.807) is 0 Å². The van der Waals surface area contributed by atoms with Crippen LogP contribution in [0, 0.1) is 5.92 Å². The number of hydrogen-bond acceptors (Lipinski definition) is 5. The molecule has 2 N–H and O–H groups in total. The summed E-state index contributed by atoms with van der Waals surface area (Å²) >= 11 is 1.85. The van der Waals surface area contributed by atoms with Crippen molar-refractivity contribution >= 4 is 33.3 Å². The maximum Gasteiger partial charge on any atom is 0.223 e. The summed E-state index contributed by atoms with van der Waals surface area (Å²) in [6, 6.07) is 0. The molecule has 1 amide bonds. The van der Waals surface area contributed by atoms with Crippen LogP contribution >= 0.6 is 11.3 Å². The average molecular weight is 387 g/mol. The highest BCUT2D eigenvalue weighted by Crippen LogP contribution is 2.38. The summed E-state index contributed by atoms with van der Waals surface area (Å²) in [5.74, 6) is 2.31. The molecule has 0 aromatic carbocycles. The van der Waals surface area contributed by atoms with E-state index in [1.165, 1.54) is 54.4 Å². The number of rotatable bonds is 6. The van der Waals surface area contributed by atoms with Crippen LogP contribution in [0.1, 0.15) is 68.1 Å². The molecule has 1 fully saturated rings. The van der Waals surface area contributed by atoms with E-state index in [0.29, 0.717) is 13.1 Å². The lowest BCUT2D eigenvalue weighted by molar-refractivity contribution is -0.125. The van der Waals surface area contributed by atoms with Crippen LogP contribution in [0.3, 0.4) is 0 Å². The second-order valence-electron chi connectivity index (χ2n) is 7.79. The number of anilines is 1. The molecule has 5 nitrogen and oxygen atoms in total. The van der Waals surface area contributed by atoms with Gasteiger partial charge in [-0.3, -0.25) is 4.79 Å². The van der Waals surface area contributed by atoms with Crippen LogP contribution in [0.25, 0.3) is 10.2 Å². The Bertz CT molecular complexity index is 810. The predicted molar refractivity (Wildman–Crippen MR) is 112 cm³/mol. The quantitative estimate of drug-likeness (QED) is 0.729. The summed E-state index contributed by atoms with van der Waals surface area (Å²) in [4.78, 5) is 24.5. The minimum Gasteiger partial charge on any atom is -0.368 e. The molecule has 27 heavy (non-hydrogen) atoms. The van der Waals surface area contributed by atoms with Crippen LogP contribution in [0.15, 0.2) is 0 Å². The SMILES string of the molecule is CCc1nc(NCCNC(=O)C2CCCCC2)c2c3c(sc2n1)CCCC3. The summed E-state index contributed by atoms with van der Waals surface area (Å²) in [5.41, 5.74) is 1.46. The molecule has 1 saturated carbocycles. The number of carbonyl (C=O) groups excluding carboxylic acids is 1. The highest BCUT2D eigenvalue weighted by atomic mass is 32.1. The topological polar surface area (TPSA) is 66.9 Å². The van der Waals surface area contributed by atoms with Gasteiger partial charge in [0.2, 0.25) is 5.91 Å². The molecular weight excluding hydrogens is 356 g/mol. The molecule has 0 aliphatic heterocycles. The van der Waals surface area contributed by atoms with Crippen LogP contribution < -0.4 is 10.6 Å². The van der Waals surface area contributed by atoms with E-state index < -0.39 is 0 Å². The van der Waals surface area contributed by atoms with E-state index in [1.807, 2.05) is 11.3 Å². The third kappa shape index (κ3) is 4.10. The smallest absolute Gasteiger partial charge is 0.223 e. The molecule has 2 aromatic rings. The van der Waals surface area contributed by atoms with Gasteiger partial charge in [-0.15, -0.1) is 11.3 Å². The number of hydrogen-bond donors (Lipinski definition) is 2. The summed E-state index contributed by atoms with van der Waals surface area (Å²) in [5, 5.41) is 7.84. The van der Waals surface area contributed by atoms with E-state index >= 15 is 0 Å². The Morgan fingerprint density at radius 2 is 1.89 bits per heavy atom. The molecule has 2 heterocycles. The third-order valence-electron chi connectivity index (χ3n) is 5.87. The number of aromatic nitrogens is 2. The maximum absolute atomic E-state index is 12.3. The first-order chi connectivity index (χ1) is 13.3. The molecule has 0 unspecified atom stereocenters. The van der Waals surface area contributed by atoms with Crippen molar-refractivity contribution in [2.24, 2.45) is 5.92 Å². The lowest BCUT2D eigenvalue weighted by Crippen LogP contribution is -2.35. The fourth-order valence-corrected chi connectivity index (χ4v) is 5.64. The summed E-state index contributed by atoms with van der Waals surface area (Å²) in [6.07, 6.45) is 11.4.